The lowest BCUT2D eigenvalue weighted by atomic mass is 9.95. The lowest BCUT2D eigenvalue weighted by Gasteiger charge is -2.31. The molecule has 0 radical (unpaired) electrons. The number of hydrogen-bond acceptors (Lipinski definition) is 5. The quantitative estimate of drug-likeness (QED) is 0.757. The van der Waals surface area contributed by atoms with Gasteiger partial charge in [-0.15, -0.1) is 11.3 Å². The van der Waals surface area contributed by atoms with Crippen LogP contribution < -0.4 is 10.6 Å². The summed E-state index contributed by atoms with van der Waals surface area (Å²) in [5.74, 6) is 0.352. The standard InChI is InChI=1S/C16H24N4O3S/c21-14(17-12-3-1-2-4-12)11-5-7-20(8-6-11)9-13-10-24-15(18-13)19-16(22)23/h10-12H,1-9H2,(H,17,21)(H,18,19)(H,22,23). The molecule has 2 fully saturated rings. The predicted molar refractivity (Wildman–Crippen MR) is 92.2 cm³/mol. The Morgan fingerprint density at radius 3 is 2.62 bits per heavy atom. The van der Waals surface area contributed by atoms with Crippen LogP contribution in [0.1, 0.15) is 44.2 Å². The van der Waals surface area contributed by atoms with Crippen LogP contribution in [0.2, 0.25) is 0 Å². The van der Waals surface area contributed by atoms with E-state index < -0.39 is 6.09 Å². The molecule has 1 aromatic rings. The summed E-state index contributed by atoms with van der Waals surface area (Å²) in [6.07, 6.45) is 5.38. The molecule has 0 spiro atoms. The Morgan fingerprint density at radius 1 is 1.25 bits per heavy atom. The van der Waals surface area contributed by atoms with E-state index in [1.54, 1.807) is 0 Å². The molecule has 1 aliphatic carbocycles. The van der Waals surface area contributed by atoms with Gasteiger partial charge in [-0.25, -0.2) is 9.78 Å². The topological polar surface area (TPSA) is 94.6 Å². The first kappa shape index (κ1) is 17.2. The van der Waals surface area contributed by atoms with Crippen LogP contribution in [0.15, 0.2) is 5.38 Å². The molecule has 3 rings (SSSR count). The van der Waals surface area contributed by atoms with Crippen LogP contribution in [-0.2, 0) is 11.3 Å². The highest BCUT2D eigenvalue weighted by molar-refractivity contribution is 7.13. The van der Waals surface area contributed by atoms with Gasteiger partial charge in [-0.1, -0.05) is 12.8 Å². The molecular weight excluding hydrogens is 328 g/mol. The van der Waals surface area contributed by atoms with Gasteiger partial charge in [0, 0.05) is 23.9 Å². The van der Waals surface area contributed by atoms with Gasteiger partial charge in [0.25, 0.3) is 0 Å². The average Bonchev–Trinajstić information content (AvgIpc) is 3.20. The van der Waals surface area contributed by atoms with Gasteiger partial charge >= 0.3 is 6.09 Å². The Morgan fingerprint density at radius 2 is 1.96 bits per heavy atom. The minimum absolute atomic E-state index is 0.126. The molecule has 0 bridgehead atoms. The molecule has 0 aromatic carbocycles. The second kappa shape index (κ2) is 7.94. The van der Waals surface area contributed by atoms with E-state index in [4.69, 9.17) is 5.11 Å². The summed E-state index contributed by atoms with van der Waals surface area (Å²) in [6, 6.07) is 0.394. The van der Waals surface area contributed by atoms with Crippen LogP contribution in [0.5, 0.6) is 0 Å². The summed E-state index contributed by atoms with van der Waals surface area (Å²) in [4.78, 5) is 29.5. The Kier molecular flexibility index (Phi) is 5.68. The average molecular weight is 352 g/mol. The fourth-order valence-corrected chi connectivity index (χ4v) is 4.19. The van der Waals surface area contributed by atoms with E-state index in [1.807, 2.05) is 5.38 Å². The number of aromatic nitrogens is 1. The predicted octanol–water partition coefficient (Wildman–Crippen LogP) is 2.50. The van der Waals surface area contributed by atoms with E-state index in [-0.39, 0.29) is 11.8 Å². The molecule has 1 saturated heterocycles. The van der Waals surface area contributed by atoms with E-state index in [0.29, 0.717) is 17.7 Å². The molecule has 2 heterocycles. The molecule has 1 saturated carbocycles. The SMILES string of the molecule is O=C(O)Nc1nc(CN2CCC(C(=O)NC3CCCC3)CC2)cs1. The Hall–Kier alpha value is -1.67. The van der Waals surface area contributed by atoms with E-state index in [0.717, 1.165) is 44.5 Å². The number of thiazole rings is 1. The van der Waals surface area contributed by atoms with Crippen LogP contribution in [0.25, 0.3) is 0 Å². The minimum Gasteiger partial charge on any atom is -0.465 e. The molecule has 3 N–H and O–H groups in total. The van der Waals surface area contributed by atoms with Gasteiger partial charge in [-0.2, -0.15) is 0 Å². The summed E-state index contributed by atoms with van der Waals surface area (Å²) >= 11 is 1.30. The van der Waals surface area contributed by atoms with Gasteiger partial charge in [0.2, 0.25) is 5.91 Å². The third kappa shape index (κ3) is 4.67. The van der Waals surface area contributed by atoms with E-state index in [2.05, 4.69) is 20.5 Å². The third-order valence-corrected chi connectivity index (χ3v) is 5.62. The number of anilines is 1. The van der Waals surface area contributed by atoms with Crippen molar-refractivity contribution < 1.29 is 14.7 Å². The van der Waals surface area contributed by atoms with Gasteiger partial charge in [0.15, 0.2) is 5.13 Å². The van der Waals surface area contributed by atoms with Crippen molar-refractivity contribution in [3.63, 3.8) is 0 Å². The largest absolute Gasteiger partial charge is 0.465 e. The summed E-state index contributed by atoms with van der Waals surface area (Å²) in [7, 11) is 0. The molecule has 1 aliphatic heterocycles. The molecule has 2 amide bonds. The van der Waals surface area contributed by atoms with Crippen LogP contribution in [-0.4, -0.2) is 46.1 Å². The fourth-order valence-electron chi connectivity index (χ4n) is 3.50. The number of rotatable bonds is 5. The normalized spacial score (nSPS) is 20.2. The minimum atomic E-state index is -1.09. The van der Waals surface area contributed by atoms with Crippen molar-refractivity contribution in [1.29, 1.82) is 0 Å². The maximum Gasteiger partial charge on any atom is 0.410 e. The molecule has 1 aromatic heterocycles. The summed E-state index contributed by atoms with van der Waals surface area (Å²) in [5.41, 5.74) is 0.873. The number of likely N-dealkylation sites (tertiary alicyclic amines) is 1. The molecule has 132 valence electrons. The summed E-state index contributed by atoms with van der Waals surface area (Å²) < 4.78 is 0. The smallest absolute Gasteiger partial charge is 0.410 e. The third-order valence-electron chi connectivity index (χ3n) is 4.81. The molecule has 0 atom stereocenters. The zero-order valence-electron chi connectivity index (χ0n) is 13.7. The lowest BCUT2D eigenvalue weighted by molar-refractivity contribution is -0.127. The number of carbonyl (C=O) groups excluding carboxylic acids is 1. The fraction of sp³-hybridized carbons (Fsp3) is 0.688. The summed E-state index contributed by atoms with van der Waals surface area (Å²) in [6.45, 7) is 2.46. The maximum absolute atomic E-state index is 12.3. The first-order valence-electron chi connectivity index (χ1n) is 8.57. The molecular formula is C16H24N4O3S. The van der Waals surface area contributed by atoms with Crippen LogP contribution in [0, 0.1) is 5.92 Å². The van der Waals surface area contributed by atoms with E-state index in [9.17, 15) is 9.59 Å². The summed E-state index contributed by atoms with van der Waals surface area (Å²) in [5, 5.41) is 16.4. The number of nitrogens with zero attached hydrogens (tertiary/aromatic N) is 2. The first-order chi connectivity index (χ1) is 11.6. The van der Waals surface area contributed by atoms with Crippen molar-refractivity contribution in [2.24, 2.45) is 5.92 Å². The van der Waals surface area contributed by atoms with Crippen molar-refractivity contribution >= 4 is 28.5 Å². The highest BCUT2D eigenvalue weighted by Gasteiger charge is 2.27. The van der Waals surface area contributed by atoms with Crippen molar-refractivity contribution in [2.45, 2.75) is 51.1 Å². The monoisotopic (exact) mass is 352 g/mol. The van der Waals surface area contributed by atoms with Crippen molar-refractivity contribution in [3.8, 4) is 0 Å². The second-order valence-electron chi connectivity index (χ2n) is 6.61. The number of hydrogen-bond donors (Lipinski definition) is 3. The number of nitrogens with one attached hydrogen (secondary N) is 2. The molecule has 24 heavy (non-hydrogen) atoms. The van der Waals surface area contributed by atoms with Gasteiger partial charge < -0.3 is 10.4 Å². The zero-order valence-corrected chi connectivity index (χ0v) is 14.5. The van der Waals surface area contributed by atoms with Crippen LogP contribution >= 0.6 is 11.3 Å². The van der Waals surface area contributed by atoms with Crippen molar-refractivity contribution in [3.05, 3.63) is 11.1 Å². The highest BCUT2D eigenvalue weighted by Crippen LogP contribution is 2.23. The van der Waals surface area contributed by atoms with Gasteiger partial charge in [-0.3, -0.25) is 15.0 Å². The number of amides is 2. The van der Waals surface area contributed by atoms with Gasteiger partial charge in [-0.05, 0) is 38.8 Å². The Labute approximate surface area is 145 Å². The van der Waals surface area contributed by atoms with Crippen molar-refractivity contribution in [1.82, 2.24) is 15.2 Å². The number of piperidine rings is 1. The van der Waals surface area contributed by atoms with E-state index in [1.165, 1.54) is 24.2 Å². The van der Waals surface area contributed by atoms with Crippen LogP contribution in [0.4, 0.5) is 9.93 Å². The second-order valence-corrected chi connectivity index (χ2v) is 7.47. The maximum atomic E-state index is 12.3. The highest BCUT2D eigenvalue weighted by atomic mass is 32.1. The van der Waals surface area contributed by atoms with Crippen molar-refractivity contribution in [2.75, 3.05) is 18.4 Å². The molecule has 2 aliphatic rings. The van der Waals surface area contributed by atoms with E-state index >= 15 is 0 Å². The van der Waals surface area contributed by atoms with Crippen LogP contribution in [0.3, 0.4) is 0 Å². The van der Waals surface area contributed by atoms with Gasteiger partial charge in [0.1, 0.15) is 0 Å². The number of carboxylic acid groups (broad SMARTS) is 1. The molecule has 8 heteroatoms. The first-order valence-corrected chi connectivity index (χ1v) is 9.45. The Balaban J connectivity index is 1.42. The Bertz CT molecular complexity index is 578. The zero-order chi connectivity index (χ0) is 16.9. The lowest BCUT2D eigenvalue weighted by Crippen LogP contribution is -2.43. The molecule has 0 unspecified atom stereocenters. The van der Waals surface area contributed by atoms with Gasteiger partial charge in [0.05, 0.1) is 5.69 Å². The molecule has 7 nitrogen and oxygen atoms in total. The number of carbonyl (C=O) groups is 2.